The molecule has 104 valence electrons. The van der Waals surface area contributed by atoms with Gasteiger partial charge in [-0.15, -0.1) is 11.8 Å². The van der Waals surface area contributed by atoms with Gasteiger partial charge in [0, 0.05) is 34.1 Å². The third kappa shape index (κ3) is 4.51. The van der Waals surface area contributed by atoms with E-state index in [0.29, 0.717) is 19.0 Å². The molecule has 0 atom stereocenters. The van der Waals surface area contributed by atoms with E-state index in [1.54, 1.807) is 11.8 Å². The summed E-state index contributed by atoms with van der Waals surface area (Å²) in [6.45, 7) is 0.531. The minimum atomic E-state index is 0.0552. The number of benzene rings is 1. The number of rotatable bonds is 7. The van der Waals surface area contributed by atoms with Crippen LogP contribution in [-0.4, -0.2) is 40.9 Å². The predicted molar refractivity (Wildman–Crippen MR) is 81.3 cm³/mol. The number of thioether (sulfide) groups is 1. The van der Waals surface area contributed by atoms with Crippen LogP contribution >= 0.6 is 27.7 Å². The molecular formula is C14H18BrNO2S. The van der Waals surface area contributed by atoms with E-state index in [2.05, 4.69) is 15.9 Å². The number of aliphatic hydroxyl groups excluding tert-OH is 1. The van der Waals surface area contributed by atoms with Crippen molar-refractivity contribution in [2.24, 2.45) is 0 Å². The summed E-state index contributed by atoms with van der Waals surface area (Å²) in [6.07, 6.45) is 2.70. The van der Waals surface area contributed by atoms with Gasteiger partial charge >= 0.3 is 0 Å². The van der Waals surface area contributed by atoms with Crippen molar-refractivity contribution in [2.45, 2.75) is 30.2 Å². The number of amides is 1. The topological polar surface area (TPSA) is 40.5 Å². The molecule has 0 unspecified atom stereocenters. The summed E-state index contributed by atoms with van der Waals surface area (Å²) in [4.78, 5) is 15.1. The first kappa shape index (κ1) is 14.9. The second-order valence-electron chi connectivity index (χ2n) is 4.57. The lowest BCUT2D eigenvalue weighted by atomic mass is 10.3. The number of hydrogen-bond donors (Lipinski definition) is 1. The zero-order chi connectivity index (χ0) is 13.7. The predicted octanol–water partition coefficient (Wildman–Crippen LogP) is 2.91. The molecule has 0 radical (unpaired) electrons. The monoisotopic (exact) mass is 343 g/mol. The van der Waals surface area contributed by atoms with Crippen LogP contribution in [0.4, 0.5) is 0 Å². The van der Waals surface area contributed by atoms with Crippen molar-refractivity contribution in [3.8, 4) is 0 Å². The lowest BCUT2D eigenvalue weighted by Crippen LogP contribution is -2.35. The number of aliphatic hydroxyl groups is 1. The largest absolute Gasteiger partial charge is 0.395 e. The molecule has 0 heterocycles. The average Bonchev–Trinajstić information content (AvgIpc) is 3.22. The molecule has 1 aliphatic carbocycles. The van der Waals surface area contributed by atoms with Gasteiger partial charge in [-0.25, -0.2) is 0 Å². The lowest BCUT2D eigenvalue weighted by molar-refractivity contribution is -0.131. The molecule has 2 rings (SSSR count). The van der Waals surface area contributed by atoms with Gasteiger partial charge in [-0.1, -0.05) is 12.1 Å². The van der Waals surface area contributed by atoms with Crippen LogP contribution in [0.25, 0.3) is 0 Å². The van der Waals surface area contributed by atoms with Gasteiger partial charge in [0.25, 0.3) is 0 Å². The normalized spacial score (nSPS) is 14.4. The molecule has 1 fully saturated rings. The summed E-state index contributed by atoms with van der Waals surface area (Å²) in [5.74, 6) is 0.937. The van der Waals surface area contributed by atoms with E-state index in [-0.39, 0.29) is 12.5 Å². The molecule has 1 aromatic rings. The van der Waals surface area contributed by atoms with E-state index in [4.69, 9.17) is 5.11 Å². The Bertz CT molecular complexity index is 437. The van der Waals surface area contributed by atoms with Crippen LogP contribution in [0.5, 0.6) is 0 Å². The van der Waals surface area contributed by atoms with Gasteiger partial charge in [0.2, 0.25) is 5.91 Å². The first-order valence-electron chi connectivity index (χ1n) is 6.50. The molecule has 0 aromatic heterocycles. The molecule has 3 nitrogen and oxygen atoms in total. The van der Waals surface area contributed by atoms with Crippen molar-refractivity contribution in [1.82, 2.24) is 4.90 Å². The summed E-state index contributed by atoms with van der Waals surface area (Å²) in [5.41, 5.74) is 0. The highest BCUT2D eigenvalue weighted by molar-refractivity contribution is 9.10. The van der Waals surface area contributed by atoms with Crippen LogP contribution in [-0.2, 0) is 4.79 Å². The molecule has 1 saturated carbocycles. The van der Waals surface area contributed by atoms with Crippen LogP contribution in [0, 0.1) is 0 Å². The Hall–Kier alpha value is -0.520. The lowest BCUT2D eigenvalue weighted by Gasteiger charge is -2.21. The Morgan fingerprint density at radius 3 is 2.79 bits per heavy atom. The van der Waals surface area contributed by atoms with Crippen molar-refractivity contribution in [1.29, 1.82) is 0 Å². The SMILES string of the molecule is O=C(CCSc1ccccc1Br)N(CCO)C1CC1. The molecule has 1 N–H and O–H groups in total. The molecular weight excluding hydrogens is 326 g/mol. The van der Waals surface area contributed by atoms with Crippen LogP contribution in [0.2, 0.25) is 0 Å². The van der Waals surface area contributed by atoms with Gasteiger partial charge in [0.1, 0.15) is 0 Å². The van der Waals surface area contributed by atoms with Crippen molar-refractivity contribution in [2.75, 3.05) is 18.9 Å². The van der Waals surface area contributed by atoms with Crippen molar-refractivity contribution >= 4 is 33.6 Å². The number of hydrogen-bond acceptors (Lipinski definition) is 3. The quantitative estimate of drug-likeness (QED) is 0.774. The van der Waals surface area contributed by atoms with Crippen LogP contribution < -0.4 is 0 Å². The molecule has 1 amide bonds. The number of carbonyl (C=O) groups is 1. The van der Waals surface area contributed by atoms with Gasteiger partial charge in [-0.2, -0.15) is 0 Å². The van der Waals surface area contributed by atoms with E-state index in [1.165, 1.54) is 0 Å². The van der Waals surface area contributed by atoms with Crippen molar-refractivity contribution in [3.05, 3.63) is 28.7 Å². The van der Waals surface area contributed by atoms with Gasteiger partial charge < -0.3 is 10.0 Å². The van der Waals surface area contributed by atoms with E-state index in [1.807, 2.05) is 29.2 Å². The van der Waals surface area contributed by atoms with E-state index >= 15 is 0 Å². The Kier molecular flexibility index (Phi) is 5.73. The third-order valence-electron chi connectivity index (χ3n) is 3.06. The molecule has 0 saturated heterocycles. The summed E-state index contributed by atoms with van der Waals surface area (Å²) in [6, 6.07) is 8.41. The third-order valence-corrected chi connectivity index (χ3v) is 5.09. The maximum atomic E-state index is 12.1. The van der Waals surface area contributed by atoms with Crippen molar-refractivity contribution < 1.29 is 9.90 Å². The highest BCUT2D eigenvalue weighted by Gasteiger charge is 2.31. The maximum absolute atomic E-state index is 12.1. The fourth-order valence-electron chi connectivity index (χ4n) is 1.96. The Morgan fingerprint density at radius 1 is 1.42 bits per heavy atom. The Morgan fingerprint density at radius 2 is 2.16 bits per heavy atom. The second kappa shape index (κ2) is 7.31. The molecule has 0 bridgehead atoms. The van der Waals surface area contributed by atoms with Gasteiger partial charge in [0.05, 0.1) is 6.61 Å². The molecule has 0 aliphatic heterocycles. The smallest absolute Gasteiger partial charge is 0.223 e. The minimum absolute atomic E-state index is 0.0552. The van der Waals surface area contributed by atoms with Gasteiger partial charge in [-0.3, -0.25) is 4.79 Å². The van der Waals surface area contributed by atoms with E-state index in [0.717, 1.165) is 28.0 Å². The average molecular weight is 344 g/mol. The minimum Gasteiger partial charge on any atom is -0.395 e. The molecule has 1 aromatic carbocycles. The zero-order valence-electron chi connectivity index (χ0n) is 10.7. The van der Waals surface area contributed by atoms with Crippen LogP contribution in [0.15, 0.2) is 33.6 Å². The first-order chi connectivity index (χ1) is 9.22. The van der Waals surface area contributed by atoms with Gasteiger partial charge in [0.15, 0.2) is 0 Å². The van der Waals surface area contributed by atoms with Gasteiger partial charge in [-0.05, 0) is 40.9 Å². The number of carbonyl (C=O) groups excluding carboxylic acids is 1. The van der Waals surface area contributed by atoms with E-state index < -0.39 is 0 Å². The Balaban J connectivity index is 1.78. The number of halogens is 1. The van der Waals surface area contributed by atoms with Crippen LogP contribution in [0.1, 0.15) is 19.3 Å². The molecule has 19 heavy (non-hydrogen) atoms. The molecule has 1 aliphatic rings. The summed E-state index contributed by atoms with van der Waals surface area (Å²) >= 11 is 5.19. The highest BCUT2D eigenvalue weighted by atomic mass is 79.9. The fraction of sp³-hybridized carbons (Fsp3) is 0.500. The summed E-state index contributed by atoms with van der Waals surface area (Å²) in [5, 5.41) is 9.00. The summed E-state index contributed by atoms with van der Waals surface area (Å²) in [7, 11) is 0. The van der Waals surface area contributed by atoms with Crippen LogP contribution in [0.3, 0.4) is 0 Å². The fourth-order valence-corrected chi connectivity index (χ4v) is 3.46. The second-order valence-corrected chi connectivity index (χ2v) is 6.56. The number of nitrogens with zero attached hydrogens (tertiary/aromatic N) is 1. The Labute approximate surface area is 126 Å². The zero-order valence-corrected chi connectivity index (χ0v) is 13.1. The first-order valence-corrected chi connectivity index (χ1v) is 8.28. The standard InChI is InChI=1S/C14H18BrNO2S/c15-12-3-1-2-4-13(12)19-10-7-14(18)16(8-9-17)11-5-6-11/h1-4,11,17H,5-10H2. The van der Waals surface area contributed by atoms with Crippen molar-refractivity contribution in [3.63, 3.8) is 0 Å². The molecule has 0 spiro atoms. The molecule has 5 heteroatoms. The van der Waals surface area contributed by atoms with E-state index in [9.17, 15) is 4.79 Å². The maximum Gasteiger partial charge on any atom is 0.223 e. The highest BCUT2D eigenvalue weighted by Crippen LogP contribution is 2.29. The summed E-state index contributed by atoms with van der Waals surface area (Å²) < 4.78 is 1.07.